The van der Waals surface area contributed by atoms with Crippen molar-refractivity contribution in [3.8, 4) is 0 Å². The molecule has 2 aromatic heterocycles. The minimum Gasteiger partial charge on any atom is -0.396 e. The molecule has 5 atom stereocenters. The van der Waals surface area contributed by atoms with E-state index >= 15 is 0 Å². The molecule has 2 bridgehead atoms. The second-order valence-corrected chi connectivity index (χ2v) is 8.95. The van der Waals surface area contributed by atoms with Crippen molar-refractivity contribution in [3.63, 3.8) is 0 Å². The highest BCUT2D eigenvalue weighted by molar-refractivity contribution is 5.81. The van der Waals surface area contributed by atoms with E-state index in [2.05, 4.69) is 15.2 Å². The molecule has 0 saturated carbocycles. The number of rotatable bonds is 6. The van der Waals surface area contributed by atoms with Crippen molar-refractivity contribution < 1.29 is 9.90 Å². The Hall–Kier alpha value is -3.29. The van der Waals surface area contributed by atoms with Crippen molar-refractivity contribution in [1.29, 1.82) is 0 Å². The van der Waals surface area contributed by atoms with Crippen LogP contribution in [0.25, 0.3) is 0 Å². The van der Waals surface area contributed by atoms with Crippen LogP contribution < -0.4 is 10.9 Å². The van der Waals surface area contributed by atoms with Crippen LogP contribution in [0.2, 0.25) is 0 Å². The van der Waals surface area contributed by atoms with Gasteiger partial charge in [0.25, 0.3) is 5.56 Å². The molecule has 3 aromatic rings. The molecule has 4 heterocycles. The zero-order valence-corrected chi connectivity index (χ0v) is 18.5. The molecule has 2 N–H and O–H groups in total. The lowest BCUT2D eigenvalue weighted by Gasteiger charge is -2.38. The summed E-state index contributed by atoms with van der Waals surface area (Å²) in [5.41, 5.74) is 2.87. The lowest BCUT2D eigenvalue weighted by Crippen LogP contribution is -2.45. The van der Waals surface area contributed by atoms with Gasteiger partial charge in [0.2, 0.25) is 5.91 Å². The highest BCUT2D eigenvalue weighted by Gasteiger charge is 2.55. The summed E-state index contributed by atoms with van der Waals surface area (Å²) in [5.74, 6) is -0.843. The molecule has 1 amide bonds. The summed E-state index contributed by atoms with van der Waals surface area (Å²) in [7, 11) is 0. The van der Waals surface area contributed by atoms with Gasteiger partial charge in [-0.3, -0.25) is 19.5 Å². The lowest BCUT2D eigenvalue weighted by atomic mass is 9.86. The van der Waals surface area contributed by atoms with Gasteiger partial charge in [0, 0.05) is 55.8 Å². The number of carbonyl (C=O) groups is 1. The Morgan fingerprint density at radius 1 is 1.12 bits per heavy atom. The Morgan fingerprint density at radius 3 is 2.61 bits per heavy atom. The maximum absolute atomic E-state index is 13.7. The predicted molar refractivity (Wildman–Crippen MR) is 124 cm³/mol. The zero-order chi connectivity index (χ0) is 22.9. The molecular formula is C26H28N4O3. The molecule has 0 spiro atoms. The van der Waals surface area contributed by atoms with Gasteiger partial charge in [-0.1, -0.05) is 36.4 Å². The predicted octanol–water partition coefficient (Wildman–Crippen LogP) is 2.28. The van der Waals surface area contributed by atoms with Crippen molar-refractivity contribution in [1.82, 2.24) is 19.8 Å². The second-order valence-electron chi connectivity index (χ2n) is 8.95. The van der Waals surface area contributed by atoms with E-state index in [-0.39, 0.29) is 42.1 Å². The van der Waals surface area contributed by atoms with Gasteiger partial charge in [0.05, 0.1) is 18.0 Å². The smallest absolute Gasteiger partial charge is 0.250 e. The van der Waals surface area contributed by atoms with Gasteiger partial charge < -0.3 is 15.0 Å². The quantitative estimate of drug-likeness (QED) is 0.609. The zero-order valence-electron chi connectivity index (χ0n) is 18.5. The molecular weight excluding hydrogens is 416 g/mol. The third kappa shape index (κ3) is 3.87. The van der Waals surface area contributed by atoms with Gasteiger partial charge in [0.15, 0.2) is 0 Å². The average Bonchev–Trinajstić information content (AvgIpc) is 3.04. The van der Waals surface area contributed by atoms with Gasteiger partial charge in [-0.15, -0.1) is 0 Å². The summed E-state index contributed by atoms with van der Waals surface area (Å²) >= 11 is 0. The normalized spacial score (nSPS) is 24.8. The Kier molecular flexibility index (Phi) is 5.83. The Bertz CT molecular complexity index is 1180. The number of hydrogen-bond donors (Lipinski definition) is 2. The van der Waals surface area contributed by atoms with Crippen LogP contribution in [0, 0.1) is 11.8 Å². The van der Waals surface area contributed by atoms with Crippen molar-refractivity contribution in [3.05, 3.63) is 100 Å². The number of benzene rings is 1. The van der Waals surface area contributed by atoms with Crippen molar-refractivity contribution in [2.75, 3.05) is 6.61 Å². The van der Waals surface area contributed by atoms with Gasteiger partial charge in [0.1, 0.15) is 0 Å². The van der Waals surface area contributed by atoms with Gasteiger partial charge in [-0.25, -0.2) is 0 Å². The molecule has 2 aliphatic rings. The van der Waals surface area contributed by atoms with Crippen LogP contribution in [-0.4, -0.2) is 38.1 Å². The van der Waals surface area contributed by atoms with E-state index in [1.54, 1.807) is 29.1 Å². The van der Waals surface area contributed by atoms with Crippen LogP contribution >= 0.6 is 0 Å². The molecule has 0 unspecified atom stereocenters. The summed E-state index contributed by atoms with van der Waals surface area (Å²) in [6.45, 7) is 2.93. The SMILES string of the molecule is C[C@@H](NC(=O)[C@@H]1[C@@H](CO)[C@@H]2Cn3c(cccc3=O)[C@H]1N2Cc1ccncc1)c1ccccc1. The number of aliphatic hydroxyl groups is 1. The molecule has 1 saturated heterocycles. The summed E-state index contributed by atoms with van der Waals surface area (Å²) in [5, 5.41) is 13.6. The number of amides is 1. The average molecular weight is 445 g/mol. The summed E-state index contributed by atoms with van der Waals surface area (Å²) in [6, 6.07) is 18.4. The first-order chi connectivity index (χ1) is 16.1. The number of fused-ring (bicyclic) bond motifs is 4. The monoisotopic (exact) mass is 444 g/mol. The standard InChI is InChI=1S/C26H28N4O3/c1-17(19-6-3-2-4-7-19)28-26(33)24-20(16-31)22-15-29-21(8-5-9-23(29)32)25(24)30(22)14-18-10-12-27-13-11-18/h2-13,17,20,22,24-25,31H,14-16H2,1H3,(H,28,33)/t17-,20+,22+,24-,25-/m1/s1. The highest BCUT2D eigenvalue weighted by Crippen LogP contribution is 2.49. The van der Waals surface area contributed by atoms with E-state index in [0.29, 0.717) is 13.1 Å². The number of pyridine rings is 2. The number of aliphatic hydroxyl groups excluding tert-OH is 1. The first kappa shape index (κ1) is 21.6. The van der Waals surface area contributed by atoms with E-state index in [1.807, 2.05) is 55.5 Å². The number of hydrogen-bond acceptors (Lipinski definition) is 5. The number of carbonyl (C=O) groups excluding carboxylic acids is 1. The second kappa shape index (κ2) is 8.92. The van der Waals surface area contributed by atoms with Crippen LogP contribution in [0.15, 0.2) is 77.9 Å². The summed E-state index contributed by atoms with van der Waals surface area (Å²) in [4.78, 5) is 32.7. The minimum atomic E-state index is -0.469. The van der Waals surface area contributed by atoms with Crippen molar-refractivity contribution in [2.45, 2.75) is 38.1 Å². The van der Waals surface area contributed by atoms with E-state index in [0.717, 1.165) is 16.8 Å². The third-order valence-electron chi connectivity index (χ3n) is 7.12. The minimum absolute atomic E-state index is 0.0681. The first-order valence-electron chi connectivity index (χ1n) is 11.4. The molecule has 7 heteroatoms. The number of nitrogens with one attached hydrogen (secondary N) is 1. The molecule has 1 aromatic carbocycles. The van der Waals surface area contributed by atoms with E-state index in [9.17, 15) is 14.7 Å². The largest absolute Gasteiger partial charge is 0.396 e. The fraction of sp³-hybridized carbons (Fsp3) is 0.346. The van der Waals surface area contributed by atoms with Gasteiger partial charge in [-0.05, 0) is 36.2 Å². The molecule has 0 aliphatic carbocycles. The third-order valence-corrected chi connectivity index (χ3v) is 7.12. The van der Waals surface area contributed by atoms with Crippen LogP contribution in [0.3, 0.4) is 0 Å². The Morgan fingerprint density at radius 2 is 1.88 bits per heavy atom. The van der Waals surface area contributed by atoms with Crippen molar-refractivity contribution >= 4 is 5.91 Å². The fourth-order valence-electron chi connectivity index (χ4n) is 5.53. The molecule has 2 aliphatic heterocycles. The molecule has 33 heavy (non-hydrogen) atoms. The maximum atomic E-state index is 13.7. The molecule has 0 radical (unpaired) electrons. The van der Waals surface area contributed by atoms with E-state index < -0.39 is 5.92 Å². The van der Waals surface area contributed by atoms with Crippen molar-refractivity contribution in [2.24, 2.45) is 11.8 Å². The van der Waals surface area contributed by atoms with Gasteiger partial charge >= 0.3 is 0 Å². The van der Waals surface area contributed by atoms with E-state index in [4.69, 9.17) is 0 Å². The number of nitrogens with zero attached hydrogens (tertiary/aromatic N) is 3. The molecule has 7 nitrogen and oxygen atoms in total. The molecule has 1 fully saturated rings. The maximum Gasteiger partial charge on any atom is 0.250 e. The Balaban J connectivity index is 1.52. The highest BCUT2D eigenvalue weighted by atomic mass is 16.3. The molecule has 170 valence electrons. The topological polar surface area (TPSA) is 87.5 Å². The van der Waals surface area contributed by atoms with E-state index in [1.165, 1.54) is 0 Å². The molecule has 5 rings (SSSR count). The number of aromatic nitrogens is 2. The first-order valence-corrected chi connectivity index (χ1v) is 11.4. The van der Waals surface area contributed by atoms with Crippen LogP contribution in [0.4, 0.5) is 0 Å². The summed E-state index contributed by atoms with van der Waals surface area (Å²) < 4.78 is 1.77. The van der Waals surface area contributed by atoms with Gasteiger partial charge in [-0.2, -0.15) is 0 Å². The fourth-order valence-corrected chi connectivity index (χ4v) is 5.53. The summed E-state index contributed by atoms with van der Waals surface area (Å²) in [6.07, 6.45) is 3.52. The van der Waals surface area contributed by atoms with Crippen LogP contribution in [0.5, 0.6) is 0 Å². The lowest BCUT2D eigenvalue weighted by molar-refractivity contribution is -0.128. The van der Waals surface area contributed by atoms with Crippen LogP contribution in [-0.2, 0) is 17.9 Å². The van der Waals surface area contributed by atoms with Crippen LogP contribution in [0.1, 0.15) is 35.8 Å². The Labute approximate surface area is 192 Å².